The number of fused-ring (bicyclic) bond motifs is 1. The molecule has 0 atom stereocenters. The fourth-order valence-corrected chi connectivity index (χ4v) is 3.27. The Hall–Kier alpha value is -3.52. The molecule has 29 heavy (non-hydrogen) atoms. The molecule has 2 aromatic heterocycles. The molecule has 9 heteroatoms. The van der Waals surface area contributed by atoms with Crippen molar-refractivity contribution in [3.63, 3.8) is 0 Å². The third-order valence-corrected chi connectivity index (χ3v) is 4.57. The van der Waals surface area contributed by atoms with Crippen molar-refractivity contribution in [3.8, 4) is 17.0 Å². The molecule has 0 unspecified atom stereocenters. The van der Waals surface area contributed by atoms with Crippen LogP contribution in [0.2, 0.25) is 5.02 Å². The van der Waals surface area contributed by atoms with Crippen molar-refractivity contribution in [3.05, 3.63) is 71.0 Å². The van der Waals surface area contributed by atoms with E-state index in [4.69, 9.17) is 16.3 Å². The van der Waals surface area contributed by atoms with Gasteiger partial charge in [-0.1, -0.05) is 11.6 Å². The number of nitrogens with zero attached hydrogens (tertiary/aromatic N) is 4. The molecule has 0 bridgehead atoms. The Morgan fingerprint density at radius 1 is 1.17 bits per heavy atom. The molecular weight excluding hydrogens is 399 g/mol. The Morgan fingerprint density at radius 3 is 2.69 bits per heavy atom. The molecule has 4 rings (SSSR count). The van der Waals surface area contributed by atoms with Crippen LogP contribution in [0, 0.1) is 5.82 Å². The molecule has 7 nitrogen and oxygen atoms in total. The van der Waals surface area contributed by atoms with Crippen molar-refractivity contribution in [1.29, 1.82) is 0 Å². The Labute approximate surface area is 169 Å². The smallest absolute Gasteiger partial charge is 0.337 e. The highest BCUT2D eigenvalue weighted by Crippen LogP contribution is 2.26. The quantitative estimate of drug-likeness (QED) is 0.532. The lowest BCUT2D eigenvalue weighted by Gasteiger charge is -2.08. The standard InChI is InChI=1S/C20H14ClFN4O3/c1-29-16-4-11(3-14(22)6-16)18-9-23-15(8-24-18)10-26-19-12(7-25-26)2-13(21)5-17(19)20(27)28/h2-9H,10H2,1H3,(H,27,28). The van der Waals surface area contributed by atoms with Gasteiger partial charge in [-0.3, -0.25) is 14.6 Å². The summed E-state index contributed by atoms with van der Waals surface area (Å²) in [5.41, 5.74) is 2.08. The van der Waals surface area contributed by atoms with Gasteiger partial charge < -0.3 is 9.84 Å². The van der Waals surface area contributed by atoms with E-state index < -0.39 is 11.8 Å². The van der Waals surface area contributed by atoms with E-state index in [-0.39, 0.29) is 12.1 Å². The number of carbonyl (C=O) groups is 1. The third kappa shape index (κ3) is 3.74. The first-order valence-electron chi connectivity index (χ1n) is 8.49. The first-order chi connectivity index (χ1) is 13.9. The predicted molar refractivity (Wildman–Crippen MR) is 105 cm³/mol. The van der Waals surface area contributed by atoms with Gasteiger partial charge in [0, 0.05) is 22.0 Å². The average molecular weight is 413 g/mol. The molecule has 0 aliphatic rings. The third-order valence-electron chi connectivity index (χ3n) is 4.35. The van der Waals surface area contributed by atoms with Crippen molar-refractivity contribution in [1.82, 2.24) is 19.7 Å². The summed E-state index contributed by atoms with van der Waals surface area (Å²) >= 11 is 5.99. The number of benzene rings is 2. The molecule has 0 fully saturated rings. The zero-order valence-electron chi connectivity index (χ0n) is 15.1. The van der Waals surface area contributed by atoms with E-state index in [1.54, 1.807) is 18.3 Å². The van der Waals surface area contributed by atoms with E-state index in [0.29, 0.717) is 38.6 Å². The van der Waals surface area contributed by atoms with Gasteiger partial charge in [0.05, 0.1) is 54.7 Å². The van der Waals surface area contributed by atoms with Gasteiger partial charge in [-0.15, -0.1) is 0 Å². The summed E-state index contributed by atoms with van der Waals surface area (Å²) in [6, 6.07) is 7.32. The van der Waals surface area contributed by atoms with Crippen LogP contribution in [0.1, 0.15) is 16.1 Å². The molecule has 1 N–H and O–H groups in total. The fourth-order valence-electron chi connectivity index (χ4n) is 3.05. The topological polar surface area (TPSA) is 90.1 Å². The van der Waals surface area contributed by atoms with Gasteiger partial charge >= 0.3 is 5.97 Å². The lowest BCUT2D eigenvalue weighted by atomic mass is 10.1. The second-order valence-electron chi connectivity index (χ2n) is 6.27. The van der Waals surface area contributed by atoms with E-state index in [1.165, 1.54) is 42.4 Å². The molecule has 0 amide bonds. The van der Waals surface area contributed by atoms with Gasteiger partial charge in [0.2, 0.25) is 0 Å². The van der Waals surface area contributed by atoms with Gasteiger partial charge in [-0.25, -0.2) is 9.18 Å². The number of halogens is 2. The number of methoxy groups -OCH3 is 1. The van der Waals surface area contributed by atoms with Crippen molar-refractivity contribution in [2.45, 2.75) is 6.54 Å². The Balaban J connectivity index is 1.66. The van der Waals surface area contributed by atoms with Crippen LogP contribution in [0.4, 0.5) is 4.39 Å². The lowest BCUT2D eigenvalue weighted by molar-refractivity contribution is 0.0698. The minimum absolute atomic E-state index is 0.0569. The first kappa shape index (κ1) is 18.8. The summed E-state index contributed by atoms with van der Waals surface area (Å²) < 4.78 is 20.3. The molecule has 2 heterocycles. The van der Waals surface area contributed by atoms with Crippen LogP contribution in [-0.4, -0.2) is 37.9 Å². The largest absolute Gasteiger partial charge is 0.497 e. The SMILES string of the molecule is COc1cc(F)cc(-c2cnc(Cn3ncc4cc(Cl)cc(C(=O)O)c43)cn2)c1. The summed E-state index contributed by atoms with van der Waals surface area (Å²) in [6.45, 7) is 0.213. The fraction of sp³-hybridized carbons (Fsp3) is 0.100. The Kier molecular flexibility index (Phi) is 4.85. The van der Waals surface area contributed by atoms with Crippen LogP contribution in [0.15, 0.2) is 48.9 Å². The molecule has 0 aliphatic carbocycles. The maximum absolute atomic E-state index is 13.7. The van der Waals surface area contributed by atoms with Crippen molar-refractivity contribution < 1.29 is 19.0 Å². The molecule has 0 saturated heterocycles. The molecule has 2 aromatic carbocycles. The van der Waals surface area contributed by atoms with Crippen LogP contribution in [0.5, 0.6) is 5.75 Å². The number of carboxylic acids is 1. The van der Waals surface area contributed by atoms with E-state index in [0.717, 1.165) is 0 Å². The van der Waals surface area contributed by atoms with Crippen LogP contribution < -0.4 is 4.74 Å². The van der Waals surface area contributed by atoms with Crippen LogP contribution in [0.3, 0.4) is 0 Å². The monoisotopic (exact) mass is 412 g/mol. The minimum Gasteiger partial charge on any atom is -0.497 e. The second-order valence-corrected chi connectivity index (χ2v) is 6.71. The summed E-state index contributed by atoms with van der Waals surface area (Å²) in [6.07, 6.45) is 4.61. The molecule has 0 saturated carbocycles. The maximum Gasteiger partial charge on any atom is 0.337 e. The van der Waals surface area contributed by atoms with Crippen molar-refractivity contribution in [2.75, 3.05) is 7.11 Å². The number of rotatable bonds is 5. The Morgan fingerprint density at radius 2 is 2.00 bits per heavy atom. The molecule has 0 aliphatic heterocycles. The predicted octanol–water partition coefficient (Wildman–Crippen LogP) is 4.04. The van der Waals surface area contributed by atoms with Gasteiger partial charge in [-0.05, 0) is 24.3 Å². The zero-order chi connectivity index (χ0) is 20.5. The maximum atomic E-state index is 13.7. The molecule has 4 aromatic rings. The number of hydrogen-bond acceptors (Lipinski definition) is 5. The summed E-state index contributed by atoms with van der Waals surface area (Å²) in [4.78, 5) is 20.3. The molecule has 146 valence electrons. The van der Waals surface area contributed by atoms with E-state index in [1.807, 2.05) is 0 Å². The highest BCUT2D eigenvalue weighted by molar-refractivity contribution is 6.32. The number of aromatic nitrogens is 4. The second kappa shape index (κ2) is 7.48. The number of ether oxygens (including phenoxy) is 1. The highest BCUT2D eigenvalue weighted by Gasteiger charge is 2.16. The molecular formula is C20H14ClFN4O3. The van der Waals surface area contributed by atoms with Crippen molar-refractivity contribution in [2.24, 2.45) is 0 Å². The highest BCUT2D eigenvalue weighted by atomic mass is 35.5. The van der Waals surface area contributed by atoms with Crippen LogP contribution >= 0.6 is 11.6 Å². The van der Waals surface area contributed by atoms with Gasteiger partial charge in [0.1, 0.15) is 11.6 Å². The average Bonchev–Trinajstić information content (AvgIpc) is 3.09. The number of carboxylic acid groups (broad SMARTS) is 1. The zero-order valence-corrected chi connectivity index (χ0v) is 15.9. The van der Waals surface area contributed by atoms with Gasteiger partial charge in [0.25, 0.3) is 0 Å². The Bertz CT molecular complexity index is 1220. The lowest BCUT2D eigenvalue weighted by Crippen LogP contribution is -2.08. The van der Waals surface area contributed by atoms with E-state index in [2.05, 4.69) is 15.1 Å². The van der Waals surface area contributed by atoms with Crippen LogP contribution in [0.25, 0.3) is 22.2 Å². The minimum atomic E-state index is -1.10. The molecule has 0 radical (unpaired) electrons. The summed E-state index contributed by atoms with van der Waals surface area (Å²) in [7, 11) is 1.46. The number of aromatic carboxylic acids is 1. The molecule has 0 spiro atoms. The van der Waals surface area contributed by atoms with Crippen LogP contribution in [-0.2, 0) is 6.54 Å². The summed E-state index contributed by atoms with van der Waals surface area (Å²) in [5, 5.41) is 14.7. The van der Waals surface area contributed by atoms with Gasteiger partial charge in [0.15, 0.2) is 0 Å². The van der Waals surface area contributed by atoms with Crippen molar-refractivity contribution >= 4 is 28.5 Å². The first-order valence-corrected chi connectivity index (χ1v) is 8.86. The van der Waals surface area contributed by atoms with E-state index >= 15 is 0 Å². The van der Waals surface area contributed by atoms with E-state index in [9.17, 15) is 14.3 Å². The summed E-state index contributed by atoms with van der Waals surface area (Å²) in [5.74, 6) is -1.15. The van der Waals surface area contributed by atoms with Gasteiger partial charge in [-0.2, -0.15) is 5.10 Å². The number of hydrogen-bond donors (Lipinski definition) is 1. The normalized spacial score (nSPS) is 11.0.